The van der Waals surface area contributed by atoms with Gasteiger partial charge in [-0.25, -0.2) is 9.37 Å². The third-order valence-electron chi connectivity index (χ3n) is 5.25. The first-order chi connectivity index (χ1) is 13.7. The molecule has 4 rings (SSSR count). The molecule has 0 unspecified atom stereocenters. The maximum absolute atomic E-state index is 13.0. The van der Waals surface area contributed by atoms with Crippen LogP contribution in [0, 0.1) is 12.7 Å². The highest BCUT2D eigenvalue weighted by Gasteiger charge is 2.16. The van der Waals surface area contributed by atoms with Crippen molar-refractivity contribution >= 4 is 17.4 Å². The lowest BCUT2D eigenvalue weighted by molar-refractivity contribution is 0.261. The zero-order valence-corrected chi connectivity index (χ0v) is 17.0. The topological polar surface area (TPSA) is 16.1 Å². The molecule has 0 saturated carbocycles. The van der Waals surface area contributed by atoms with Gasteiger partial charge in [-0.3, -0.25) is 0 Å². The Labute approximate surface area is 170 Å². The lowest BCUT2D eigenvalue weighted by Gasteiger charge is -2.28. The van der Waals surface area contributed by atoms with Gasteiger partial charge in [0.1, 0.15) is 5.82 Å². The van der Waals surface area contributed by atoms with E-state index in [4.69, 9.17) is 4.98 Å². The number of halogens is 1. The number of aromatic nitrogens is 1. The third-order valence-corrected chi connectivity index (χ3v) is 6.28. The summed E-state index contributed by atoms with van der Waals surface area (Å²) in [5.74, 6) is -0.176. The van der Waals surface area contributed by atoms with Crippen LogP contribution in [0.1, 0.15) is 28.3 Å². The van der Waals surface area contributed by atoms with Crippen LogP contribution in [0.5, 0.6) is 0 Å². The average Bonchev–Trinajstić information content (AvgIpc) is 3.10. The van der Waals surface area contributed by atoms with Gasteiger partial charge < -0.3 is 4.90 Å². The van der Waals surface area contributed by atoms with Crippen molar-refractivity contribution in [2.45, 2.75) is 26.2 Å². The van der Waals surface area contributed by atoms with Gasteiger partial charge in [-0.1, -0.05) is 54.1 Å². The highest BCUT2D eigenvalue weighted by Crippen LogP contribution is 2.29. The number of likely N-dealkylation sites (tertiary alicyclic amines) is 1. The lowest BCUT2D eigenvalue weighted by Crippen LogP contribution is -2.32. The highest BCUT2D eigenvalue weighted by molar-refractivity contribution is 7.12. The zero-order chi connectivity index (χ0) is 19.3. The summed E-state index contributed by atoms with van der Waals surface area (Å²) in [5, 5.41) is 1.14. The van der Waals surface area contributed by atoms with Gasteiger partial charge in [-0.15, -0.1) is 11.3 Å². The van der Waals surface area contributed by atoms with Crippen LogP contribution in [0.4, 0.5) is 4.39 Å². The fourth-order valence-electron chi connectivity index (χ4n) is 3.72. The van der Waals surface area contributed by atoms with Crippen molar-refractivity contribution in [1.82, 2.24) is 9.88 Å². The minimum atomic E-state index is -0.176. The van der Waals surface area contributed by atoms with Crippen LogP contribution in [-0.2, 0) is 6.42 Å². The Morgan fingerprint density at radius 1 is 1.04 bits per heavy atom. The van der Waals surface area contributed by atoms with Gasteiger partial charge in [0.15, 0.2) is 0 Å². The summed E-state index contributed by atoms with van der Waals surface area (Å²) in [5.41, 5.74) is 4.92. The molecule has 3 aromatic rings. The fraction of sp³-hybridized carbons (Fsp3) is 0.292. The normalized spacial score (nSPS) is 15.0. The molecule has 0 aliphatic carbocycles. The Bertz CT molecular complexity index is 934. The summed E-state index contributed by atoms with van der Waals surface area (Å²) in [6.45, 7) is 5.34. The summed E-state index contributed by atoms with van der Waals surface area (Å²) in [4.78, 5) is 8.71. The van der Waals surface area contributed by atoms with E-state index >= 15 is 0 Å². The van der Waals surface area contributed by atoms with Gasteiger partial charge in [0.05, 0.1) is 10.7 Å². The largest absolute Gasteiger partial charge is 0.302 e. The van der Waals surface area contributed by atoms with E-state index < -0.39 is 0 Å². The van der Waals surface area contributed by atoms with Gasteiger partial charge in [-0.2, -0.15) is 0 Å². The maximum Gasteiger partial charge on any atom is 0.123 e. The standard InChI is InChI=1S/C24H25FN2S/c1-18-26-24(21-5-3-2-4-6-21)23(28-18)13-16-27-14-11-20(12-15-27)17-19-7-9-22(25)10-8-19/h2-10,17H,11-16H2,1H3. The Morgan fingerprint density at radius 3 is 2.46 bits per heavy atom. The number of hydrogen-bond donors (Lipinski definition) is 0. The molecular formula is C24H25FN2S. The summed E-state index contributed by atoms with van der Waals surface area (Å²) >= 11 is 1.82. The molecule has 2 nitrogen and oxygen atoms in total. The van der Waals surface area contributed by atoms with E-state index in [1.165, 1.54) is 28.1 Å². The number of rotatable bonds is 5. The number of hydrogen-bond acceptors (Lipinski definition) is 3. The molecule has 0 atom stereocenters. The number of aryl methyl sites for hydroxylation is 1. The van der Waals surface area contributed by atoms with E-state index in [2.05, 4.69) is 42.2 Å². The second-order valence-electron chi connectivity index (χ2n) is 7.32. The van der Waals surface area contributed by atoms with E-state index in [0.717, 1.165) is 55.2 Å². The molecule has 1 fully saturated rings. The van der Waals surface area contributed by atoms with Crippen molar-refractivity contribution in [3.05, 3.63) is 81.4 Å². The minimum Gasteiger partial charge on any atom is -0.302 e. The summed E-state index contributed by atoms with van der Waals surface area (Å²) in [7, 11) is 0. The van der Waals surface area contributed by atoms with E-state index in [-0.39, 0.29) is 5.82 Å². The molecule has 2 heterocycles. The maximum atomic E-state index is 13.0. The molecule has 28 heavy (non-hydrogen) atoms. The molecular weight excluding hydrogens is 367 g/mol. The van der Waals surface area contributed by atoms with Crippen molar-refractivity contribution in [3.63, 3.8) is 0 Å². The van der Waals surface area contributed by atoms with Gasteiger partial charge in [0.25, 0.3) is 0 Å². The van der Waals surface area contributed by atoms with Crippen LogP contribution in [0.2, 0.25) is 0 Å². The van der Waals surface area contributed by atoms with Crippen LogP contribution in [0.3, 0.4) is 0 Å². The molecule has 1 aliphatic heterocycles. The summed E-state index contributed by atoms with van der Waals surface area (Å²) in [6, 6.07) is 17.3. The SMILES string of the molecule is Cc1nc(-c2ccccc2)c(CCN2CCC(=Cc3ccc(F)cc3)CC2)s1. The quantitative estimate of drug-likeness (QED) is 0.531. The number of thiazole rings is 1. The van der Waals surface area contributed by atoms with Crippen molar-refractivity contribution < 1.29 is 4.39 Å². The summed E-state index contributed by atoms with van der Waals surface area (Å²) < 4.78 is 13.0. The predicted molar refractivity (Wildman–Crippen MR) is 116 cm³/mol. The molecule has 0 bridgehead atoms. The first kappa shape index (κ1) is 19.0. The lowest BCUT2D eigenvalue weighted by atomic mass is 10.0. The Morgan fingerprint density at radius 2 is 1.75 bits per heavy atom. The molecule has 1 aromatic heterocycles. The number of benzene rings is 2. The van der Waals surface area contributed by atoms with Crippen molar-refractivity contribution in [2.24, 2.45) is 0 Å². The smallest absolute Gasteiger partial charge is 0.123 e. The zero-order valence-electron chi connectivity index (χ0n) is 16.2. The molecule has 0 spiro atoms. The van der Waals surface area contributed by atoms with Gasteiger partial charge in [0, 0.05) is 30.1 Å². The third kappa shape index (κ3) is 4.75. The van der Waals surface area contributed by atoms with Crippen LogP contribution in [0.25, 0.3) is 17.3 Å². The second-order valence-corrected chi connectivity index (χ2v) is 8.60. The van der Waals surface area contributed by atoms with Crippen molar-refractivity contribution in [2.75, 3.05) is 19.6 Å². The molecule has 0 radical (unpaired) electrons. The monoisotopic (exact) mass is 392 g/mol. The predicted octanol–water partition coefficient (Wildman–Crippen LogP) is 5.98. The molecule has 4 heteroatoms. The summed E-state index contributed by atoms with van der Waals surface area (Å²) in [6.07, 6.45) is 5.44. The van der Waals surface area contributed by atoms with Crippen molar-refractivity contribution in [1.29, 1.82) is 0 Å². The Balaban J connectivity index is 1.34. The van der Waals surface area contributed by atoms with E-state index in [0.29, 0.717) is 0 Å². The van der Waals surface area contributed by atoms with E-state index in [9.17, 15) is 4.39 Å². The molecule has 0 amide bonds. The van der Waals surface area contributed by atoms with E-state index in [1.807, 2.05) is 29.5 Å². The molecule has 1 saturated heterocycles. The fourth-order valence-corrected chi connectivity index (χ4v) is 4.67. The average molecular weight is 393 g/mol. The first-order valence-corrected chi connectivity index (χ1v) is 10.7. The van der Waals surface area contributed by atoms with Gasteiger partial charge in [0.2, 0.25) is 0 Å². The minimum absolute atomic E-state index is 0.176. The van der Waals surface area contributed by atoms with Crippen LogP contribution >= 0.6 is 11.3 Å². The first-order valence-electron chi connectivity index (χ1n) is 9.86. The van der Waals surface area contributed by atoms with Crippen LogP contribution in [-0.4, -0.2) is 29.5 Å². The Hall–Kier alpha value is -2.30. The van der Waals surface area contributed by atoms with Crippen molar-refractivity contribution in [3.8, 4) is 11.3 Å². The molecule has 144 valence electrons. The second kappa shape index (κ2) is 8.80. The molecule has 0 N–H and O–H groups in total. The Kier molecular flexibility index (Phi) is 5.98. The highest BCUT2D eigenvalue weighted by atomic mass is 32.1. The van der Waals surface area contributed by atoms with E-state index in [1.54, 1.807) is 0 Å². The van der Waals surface area contributed by atoms with Crippen LogP contribution in [0.15, 0.2) is 60.2 Å². The molecule has 1 aliphatic rings. The van der Waals surface area contributed by atoms with Crippen LogP contribution < -0.4 is 0 Å². The van der Waals surface area contributed by atoms with Gasteiger partial charge >= 0.3 is 0 Å². The number of piperidine rings is 1. The van der Waals surface area contributed by atoms with Gasteiger partial charge in [-0.05, 0) is 43.9 Å². The molecule has 2 aromatic carbocycles. The number of nitrogens with zero attached hydrogens (tertiary/aromatic N) is 2.